The van der Waals surface area contributed by atoms with Gasteiger partial charge in [0.1, 0.15) is 12.0 Å². The van der Waals surface area contributed by atoms with Crippen LogP contribution in [0.4, 0.5) is 11.5 Å². The zero-order valence-corrected chi connectivity index (χ0v) is 10.4. The molecular weight excluding hydrogens is 232 g/mol. The van der Waals surface area contributed by atoms with E-state index in [4.69, 9.17) is 10.5 Å². The minimum Gasteiger partial charge on any atom is -0.479 e. The van der Waals surface area contributed by atoms with Crippen LogP contribution in [0.25, 0.3) is 0 Å². The van der Waals surface area contributed by atoms with Gasteiger partial charge in [-0.1, -0.05) is 0 Å². The van der Waals surface area contributed by atoms with Crippen LogP contribution in [0.1, 0.15) is 12.8 Å². The van der Waals surface area contributed by atoms with Gasteiger partial charge in [-0.2, -0.15) is 4.98 Å². The largest absolute Gasteiger partial charge is 0.479 e. The quantitative estimate of drug-likeness (QED) is 0.784. The van der Waals surface area contributed by atoms with Crippen molar-refractivity contribution >= 4 is 11.5 Å². The molecular formula is C12H18N4O2. The fourth-order valence-electron chi connectivity index (χ4n) is 3.19. The molecule has 2 heterocycles. The van der Waals surface area contributed by atoms with E-state index in [2.05, 4.69) is 14.9 Å². The van der Waals surface area contributed by atoms with Crippen LogP contribution in [0.3, 0.4) is 0 Å². The molecule has 0 bridgehead atoms. The molecule has 3 atom stereocenters. The molecule has 1 saturated heterocycles. The number of hydrogen-bond acceptors (Lipinski definition) is 6. The third-order valence-electron chi connectivity index (χ3n) is 4.14. The summed E-state index contributed by atoms with van der Waals surface area (Å²) in [5, 5.41) is 9.92. The number of nitrogens with two attached hydrogens (primary N) is 1. The first kappa shape index (κ1) is 11.5. The summed E-state index contributed by atoms with van der Waals surface area (Å²) in [6, 6.07) is 0. The van der Waals surface area contributed by atoms with Crippen molar-refractivity contribution in [1.82, 2.24) is 9.97 Å². The van der Waals surface area contributed by atoms with E-state index in [9.17, 15) is 5.11 Å². The Morgan fingerprint density at radius 2 is 2.22 bits per heavy atom. The molecule has 0 radical (unpaired) electrons. The molecule has 1 aliphatic heterocycles. The Balaban J connectivity index is 1.85. The van der Waals surface area contributed by atoms with Gasteiger partial charge < -0.3 is 20.5 Å². The fraction of sp³-hybridized carbons (Fsp3) is 0.667. The highest BCUT2D eigenvalue weighted by Crippen LogP contribution is 2.41. The average molecular weight is 250 g/mol. The predicted octanol–water partition coefficient (Wildman–Crippen LogP) is 0.275. The molecule has 1 aromatic heterocycles. The summed E-state index contributed by atoms with van der Waals surface area (Å²) in [6.07, 6.45) is 3.30. The van der Waals surface area contributed by atoms with Gasteiger partial charge in [0, 0.05) is 19.0 Å². The number of ether oxygens (including phenoxy) is 1. The molecule has 0 amide bonds. The maximum atomic E-state index is 9.92. The highest BCUT2D eigenvalue weighted by atomic mass is 16.5. The Bertz CT molecular complexity index is 454. The summed E-state index contributed by atoms with van der Waals surface area (Å²) in [4.78, 5) is 10.4. The minimum atomic E-state index is -0.176. The van der Waals surface area contributed by atoms with Crippen LogP contribution < -0.4 is 15.4 Å². The Hall–Kier alpha value is -1.56. The number of aromatic nitrogens is 2. The van der Waals surface area contributed by atoms with E-state index in [-0.39, 0.29) is 6.10 Å². The Morgan fingerprint density at radius 3 is 2.94 bits per heavy atom. The van der Waals surface area contributed by atoms with Crippen LogP contribution in [-0.2, 0) is 0 Å². The number of hydrogen-bond donors (Lipinski definition) is 2. The summed E-state index contributed by atoms with van der Waals surface area (Å²) in [5.41, 5.74) is 6.49. The predicted molar refractivity (Wildman–Crippen MR) is 67.4 cm³/mol. The molecule has 3 N–H and O–H groups in total. The summed E-state index contributed by atoms with van der Waals surface area (Å²) in [7, 11) is 1.55. The average Bonchev–Trinajstić information content (AvgIpc) is 2.92. The summed E-state index contributed by atoms with van der Waals surface area (Å²) in [6.45, 7) is 1.72. The first-order valence-corrected chi connectivity index (χ1v) is 6.28. The number of nitrogens with zero attached hydrogens (tertiary/aromatic N) is 3. The molecule has 1 aliphatic carbocycles. The van der Waals surface area contributed by atoms with Gasteiger partial charge >= 0.3 is 0 Å². The zero-order chi connectivity index (χ0) is 12.7. The maximum Gasteiger partial charge on any atom is 0.242 e. The first-order valence-electron chi connectivity index (χ1n) is 6.28. The number of nitrogen functional groups attached to an aromatic ring is 1. The highest BCUT2D eigenvalue weighted by Gasteiger charge is 2.42. The topological polar surface area (TPSA) is 84.5 Å². The van der Waals surface area contributed by atoms with Crippen LogP contribution in [0.15, 0.2) is 6.33 Å². The second-order valence-corrected chi connectivity index (χ2v) is 5.09. The van der Waals surface area contributed by atoms with Crippen LogP contribution in [0.5, 0.6) is 5.88 Å². The van der Waals surface area contributed by atoms with Crippen molar-refractivity contribution in [2.75, 3.05) is 30.8 Å². The van der Waals surface area contributed by atoms with Crippen molar-refractivity contribution in [3.05, 3.63) is 6.33 Å². The van der Waals surface area contributed by atoms with E-state index in [1.165, 1.54) is 6.33 Å². The number of aliphatic hydroxyl groups excluding tert-OH is 1. The van der Waals surface area contributed by atoms with Crippen molar-refractivity contribution in [3.63, 3.8) is 0 Å². The third-order valence-corrected chi connectivity index (χ3v) is 4.14. The van der Waals surface area contributed by atoms with Crippen LogP contribution >= 0.6 is 0 Å². The van der Waals surface area contributed by atoms with Gasteiger partial charge in [0.15, 0.2) is 5.82 Å². The minimum absolute atomic E-state index is 0.176. The first-order chi connectivity index (χ1) is 8.70. The lowest BCUT2D eigenvalue weighted by atomic mass is 10.00. The summed E-state index contributed by atoms with van der Waals surface area (Å²) < 4.78 is 5.11. The van der Waals surface area contributed by atoms with E-state index < -0.39 is 0 Å². The van der Waals surface area contributed by atoms with E-state index >= 15 is 0 Å². The van der Waals surface area contributed by atoms with Crippen molar-refractivity contribution in [2.45, 2.75) is 18.9 Å². The van der Waals surface area contributed by atoms with Crippen LogP contribution in [-0.4, -0.2) is 41.4 Å². The summed E-state index contributed by atoms with van der Waals surface area (Å²) in [5.74, 6) is 2.05. The molecule has 0 spiro atoms. The van der Waals surface area contributed by atoms with Crippen molar-refractivity contribution < 1.29 is 9.84 Å². The van der Waals surface area contributed by atoms with Crippen molar-refractivity contribution in [3.8, 4) is 5.88 Å². The van der Waals surface area contributed by atoms with Gasteiger partial charge in [-0.25, -0.2) is 4.98 Å². The molecule has 98 valence electrons. The fourth-order valence-corrected chi connectivity index (χ4v) is 3.19. The molecule has 6 heteroatoms. The van der Waals surface area contributed by atoms with E-state index in [0.717, 1.165) is 31.7 Å². The number of rotatable bonds is 2. The van der Waals surface area contributed by atoms with E-state index in [1.54, 1.807) is 7.11 Å². The van der Waals surface area contributed by atoms with Gasteiger partial charge in [0.25, 0.3) is 0 Å². The van der Waals surface area contributed by atoms with E-state index in [1.807, 2.05) is 0 Å². The summed E-state index contributed by atoms with van der Waals surface area (Å²) >= 11 is 0. The molecule has 3 rings (SSSR count). The SMILES string of the molecule is COc1ncnc(N2CC3CCC(O)C3C2)c1N. The molecule has 1 aromatic rings. The smallest absolute Gasteiger partial charge is 0.242 e. The maximum absolute atomic E-state index is 9.92. The molecule has 1 saturated carbocycles. The molecule has 0 aromatic carbocycles. The third kappa shape index (κ3) is 1.68. The normalized spacial score (nSPS) is 30.6. The second-order valence-electron chi connectivity index (χ2n) is 5.09. The number of fused-ring (bicyclic) bond motifs is 1. The van der Waals surface area contributed by atoms with Crippen molar-refractivity contribution in [1.29, 1.82) is 0 Å². The lowest BCUT2D eigenvalue weighted by molar-refractivity contribution is 0.133. The number of methoxy groups -OCH3 is 1. The van der Waals surface area contributed by atoms with Gasteiger partial charge in [-0.05, 0) is 18.8 Å². The number of anilines is 2. The van der Waals surface area contributed by atoms with Crippen molar-refractivity contribution in [2.24, 2.45) is 11.8 Å². The Labute approximate surface area is 106 Å². The molecule has 3 unspecified atom stereocenters. The van der Waals surface area contributed by atoms with Gasteiger partial charge in [-0.3, -0.25) is 0 Å². The molecule has 18 heavy (non-hydrogen) atoms. The zero-order valence-electron chi connectivity index (χ0n) is 10.4. The van der Waals surface area contributed by atoms with Gasteiger partial charge in [0.05, 0.1) is 13.2 Å². The Morgan fingerprint density at radius 1 is 1.39 bits per heavy atom. The number of aliphatic hydroxyl groups is 1. The van der Waals surface area contributed by atoms with E-state index in [0.29, 0.717) is 23.4 Å². The van der Waals surface area contributed by atoms with Crippen LogP contribution in [0.2, 0.25) is 0 Å². The lowest BCUT2D eigenvalue weighted by Gasteiger charge is -2.21. The Kier molecular flexibility index (Phi) is 2.74. The molecule has 6 nitrogen and oxygen atoms in total. The molecule has 2 fully saturated rings. The lowest BCUT2D eigenvalue weighted by Crippen LogP contribution is -2.26. The highest BCUT2D eigenvalue weighted by molar-refractivity contribution is 5.68. The second kappa shape index (κ2) is 4.28. The van der Waals surface area contributed by atoms with Gasteiger partial charge in [-0.15, -0.1) is 0 Å². The van der Waals surface area contributed by atoms with Crippen LogP contribution in [0, 0.1) is 11.8 Å². The monoisotopic (exact) mass is 250 g/mol. The molecule has 2 aliphatic rings. The standard InChI is InChI=1S/C12H18N4O2/c1-18-12-10(13)11(14-6-15-12)16-4-7-2-3-9(17)8(7)5-16/h6-9,17H,2-5,13H2,1H3. The van der Waals surface area contributed by atoms with Gasteiger partial charge in [0.2, 0.25) is 5.88 Å².